The largest absolute Gasteiger partial charge is 0.497 e. The van der Waals surface area contributed by atoms with Crippen molar-refractivity contribution in [3.8, 4) is 0 Å². The minimum Gasteiger partial charge on any atom is -0.497 e. The van der Waals surface area contributed by atoms with E-state index in [4.69, 9.17) is 9.47 Å². The lowest BCUT2D eigenvalue weighted by molar-refractivity contribution is -0.139. The van der Waals surface area contributed by atoms with E-state index in [1.807, 2.05) is 12.1 Å². The number of carbonyl (C=O) groups excluding carboxylic acids is 2. The fourth-order valence-electron chi connectivity index (χ4n) is 2.54. The molecule has 0 spiro atoms. The zero-order valence-electron chi connectivity index (χ0n) is 13.0. The first-order chi connectivity index (χ1) is 10.6. The number of hydrogen-bond donors (Lipinski definition) is 0. The van der Waals surface area contributed by atoms with Gasteiger partial charge >= 0.3 is 11.9 Å². The van der Waals surface area contributed by atoms with Crippen LogP contribution in [-0.2, 0) is 25.4 Å². The quantitative estimate of drug-likeness (QED) is 0.756. The average molecular weight is 304 g/mol. The van der Waals surface area contributed by atoms with Crippen molar-refractivity contribution >= 4 is 11.9 Å². The highest BCUT2D eigenvalue weighted by Crippen LogP contribution is 2.26. The normalized spacial score (nSPS) is 17.4. The summed E-state index contributed by atoms with van der Waals surface area (Å²) in [4.78, 5) is 23.1. The molecule has 0 fully saturated rings. The van der Waals surface area contributed by atoms with E-state index in [9.17, 15) is 9.59 Å². The molecule has 0 saturated carbocycles. The number of esters is 2. The SMILES string of the molecule is COC(=O)c1ccc(CCCC2=C(OC)C(C)OC2=O)cc1. The fourth-order valence-corrected chi connectivity index (χ4v) is 2.54. The van der Waals surface area contributed by atoms with Crippen LogP contribution < -0.4 is 0 Å². The summed E-state index contributed by atoms with van der Waals surface area (Å²) in [7, 11) is 2.92. The zero-order valence-corrected chi connectivity index (χ0v) is 13.0. The maximum absolute atomic E-state index is 11.7. The van der Waals surface area contributed by atoms with Gasteiger partial charge in [0.15, 0.2) is 6.10 Å². The van der Waals surface area contributed by atoms with E-state index in [1.54, 1.807) is 26.2 Å². The number of hydrogen-bond acceptors (Lipinski definition) is 5. The Morgan fingerprint density at radius 1 is 1.18 bits per heavy atom. The number of benzene rings is 1. The Hall–Kier alpha value is -2.30. The number of methoxy groups -OCH3 is 2. The van der Waals surface area contributed by atoms with E-state index in [0.29, 0.717) is 23.3 Å². The second kappa shape index (κ2) is 7.11. The molecule has 1 aromatic carbocycles. The van der Waals surface area contributed by atoms with E-state index < -0.39 is 0 Å². The van der Waals surface area contributed by atoms with Crippen LogP contribution in [0.3, 0.4) is 0 Å². The first-order valence-corrected chi connectivity index (χ1v) is 7.22. The smallest absolute Gasteiger partial charge is 0.338 e. The lowest BCUT2D eigenvalue weighted by Crippen LogP contribution is -2.06. The van der Waals surface area contributed by atoms with Crippen molar-refractivity contribution in [3.05, 3.63) is 46.7 Å². The van der Waals surface area contributed by atoms with Gasteiger partial charge in [-0.25, -0.2) is 9.59 Å². The Bertz CT molecular complexity index is 586. The highest BCUT2D eigenvalue weighted by molar-refractivity contribution is 5.91. The number of carbonyl (C=O) groups is 2. The van der Waals surface area contributed by atoms with Gasteiger partial charge in [0.2, 0.25) is 0 Å². The van der Waals surface area contributed by atoms with Crippen molar-refractivity contribution in [2.24, 2.45) is 0 Å². The summed E-state index contributed by atoms with van der Waals surface area (Å²) in [5, 5.41) is 0. The van der Waals surface area contributed by atoms with Gasteiger partial charge in [0, 0.05) is 0 Å². The molecule has 5 heteroatoms. The number of aryl methyl sites for hydroxylation is 1. The monoisotopic (exact) mass is 304 g/mol. The Morgan fingerprint density at radius 3 is 2.45 bits per heavy atom. The first kappa shape index (κ1) is 16.1. The van der Waals surface area contributed by atoms with Gasteiger partial charge in [-0.15, -0.1) is 0 Å². The van der Waals surface area contributed by atoms with Crippen molar-refractivity contribution in [2.75, 3.05) is 14.2 Å². The van der Waals surface area contributed by atoms with Gasteiger partial charge in [-0.3, -0.25) is 0 Å². The van der Waals surface area contributed by atoms with Crippen LogP contribution in [-0.4, -0.2) is 32.3 Å². The second-order valence-electron chi connectivity index (χ2n) is 5.14. The van der Waals surface area contributed by atoms with Gasteiger partial charge in [0.25, 0.3) is 0 Å². The lowest BCUT2D eigenvalue weighted by atomic mass is 10.0. The molecule has 1 aromatic rings. The molecule has 1 aliphatic heterocycles. The topological polar surface area (TPSA) is 61.8 Å². The average Bonchev–Trinajstić information content (AvgIpc) is 2.80. The molecule has 0 aromatic heterocycles. The number of rotatable bonds is 6. The third-order valence-corrected chi connectivity index (χ3v) is 3.68. The van der Waals surface area contributed by atoms with Crippen LogP contribution in [0.25, 0.3) is 0 Å². The number of cyclic esters (lactones) is 1. The molecule has 0 bridgehead atoms. The molecule has 0 saturated heterocycles. The van der Waals surface area contributed by atoms with Gasteiger partial charge in [0.1, 0.15) is 5.76 Å². The van der Waals surface area contributed by atoms with Gasteiger partial charge in [-0.1, -0.05) is 12.1 Å². The summed E-state index contributed by atoms with van der Waals surface area (Å²) >= 11 is 0. The summed E-state index contributed by atoms with van der Waals surface area (Å²) in [5.41, 5.74) is 2.26. The van der Waals surface area contributed by atoms with Crippen molar-refractivity contribution in [1.29, 1.82) is 0 Å². The van der Waals surface area contributed by atoms with Crippen LogP contribution in [0.5, 0.6) is 0 Å². The molecule has 5 nitrogen and oxygen atoms in total. The molecule has 0 N–H and O–H groups in total. The van der Waals surface area contributed by atoms with Gasteiger partial charge < -0.3 is 14.2 Å². The first-order valence-electron chi connectivity index (χ1n) is 7.22. The van der Waals surface area contributed by atoms with Gasteiger partial charge in [-0.05, 0) is 43.9 Å². The van der Waals surface area contributed by atoms with Gasteiger partial charge in [0.05, 0.1) is 25.4 Å². The zero-order chi connectivity index (χ0) is 16.1. The lowest BCUT2D eigenvalue weighted by Gasteiger charge is -2.06. The molecule has 0 radical (unpaired) electrons. The highest BCUT2D eigenvalue weighted by Gasteiger charge is 2.31. The summed E-state index contributed by atoms with van der Waals surface area (Å²) in [5.74, 6) is 0.000518. The molecule has 22 heavy (non-hydrogen) atoms. The van der Waals surface area contributed by atoms with E-state index in [1.165, 1.54) is 7.11 Å². The molecular weight excluding hydrogens is 284 g/mol. The van der Waals surface area contributed by atoms with Crippen molar-refractivity contribution in [2.45, 2.75) is 32.3 Å². The molecule has 0 amide bonds. The van der Waals surface area contributed by atoms with E-state index in [0.717, 1.165) is 18.4 Å². The minimum atomic E-state index is -0.343. The van der Waals surface area contributed by atoms with Crippen LogP contribution in [0.4, 0.5) is 0 Å². The van der Waals surface area contributed by atoms with E-state index in [-0.39, 0.29) is 18.0 Å². The minimum absolute atomic E-state index is 0.287. The molecule has 2 rings (SSSR count). The van der Waals surface area contributed by atoms with Crippen LogP contribution in [0, 0.1) is 0 Å². The van der Waals surface area contributed by atoms with Crippen molar-refractivity contribution < 1.29 is 23.8 Å². The molecule has 1 heterocycles. The summed E-state index contributed by atoms with van der Waals surface area (Å²) in [6.45, 7) is 1.80. The number of ether oxygens (including phenoxy) is 3. The Balaban J connectivity index is 1.92. The predicted molar refractivity (Wildman–Crippen MR) is 80.3 cm³/mol. The van der Waals surface area contributed by atoms with Crippen LogP contribution in [0.15, 0.2) is 35.6 Å². The fraction of sp³-hybridized carbons (Fsp3) is 0.412. The third-order valence-electron chi connectivity index (χ3n) is 3.68. The van der Waals surface area contributed by atoms with Crippen LogP contribution >= 0.6 is 0 Å². The summed E-state index contributed by atoms with van der Waals surface area (Å²) in [6.07, 6.45) is 1.93. The maximum Gasteiger partial charge on any atom is 0.338 e. The van der Waals surface area contributed by atoms with Crippen LogP contribution in [0.2, 0.25) is 0 Å². The standard InChI is InChI=1S/C17H20O5/c1-11-15(20-2)14(17(19)22-11)6-4-5-12-7-9-13(10-8-12)16(18)21-3/h7-11H,4-6H2,1-3H3. The van der Waals surface area contributed by atoms with Crippen LogP contribution in [0.1, 0.15) is 35.7 Å². The predicted octanol–water partition coefficient (Wildman–Crippen LogP) is 2.64. The Kier molecular flexibility index (Phi) is 5.20. The molecule has 118 valence electrons. The molecule has 1 aliphatic rings. The molecule has 1 unspecified atom stereocenters. The van der Waals surface area contributed by atoms with Crippen molar-refractivity contribution in [1.82, 2.24) is 0 Å². The van der Waals surface area contributed by atoms with Gasteiger partial charge in [-0.2, -0.15) is 0 Å². The molecular formula is C17H20O5. The maximum atomic E-state index is 11.7. The Morgan fingerprint density at radius 2 is 1.86 bits per heavy atom. The third kappa shape index (κ3) is 3.47. The van der Waals surface area contributed by atoms with E-state index >= 15 is 0 Å². The molecule has 0 aliphatic carbocycles. The molecule has 1 atom stereocenters. The Labute approximate surface area is 129 Å². The highest BCUT2D eigenvalue weighted by atomic mass is 16.6. The summed E-state index contributed by atoms with van der Waals surface area (Å²) in [6, 6.07) is 7.28. The van der Waals surface area contributed by atoms with Crippen molar-refractivity contribution in [3.63, 3.8) is 0 Å². The second-order valence-corrected chi connectivity index (χ2v) is 5.14. The van der Waals surface area contributed by atoms with E-state index in [2.05, 4.69) is 4.74 Å². The summed E-state index contributed by atoms with van der Waals surface area (Å²) < 4.78 is 15.1.